The van der Waals surface area contributed by atoms with E-state index in [-0.39, 0.29) is 0 Å². The van der Waals surface area contributed by atoms with Gasteiger partial charge in [-0.1, -0.05) is 0 Å². The van der Waals surface area contributed by atoms with Crippen LogP contribution in [0.4, 0.5) is 5.82 Å². The fraction of sp³-hybridized carbons (Fsp3) is 0.500. The molecular formula is C16H22N5O4S-. The number of aromatic nitrogens is 2. The Morgan fingerprint density at radius 2 is 1.85 bits per heavy atom. The molecular weight excluding hydrogens is 358 g/mol. The van der Waals surface area contributed by atoms with Crippen molar-refractivity contribution in [1.82, 2.24) is 19.6 Å². The van der Waals surface area contributed by atoms with Crippen molar-refractivity contribution in [1.29, 1.82) is 0 Å². The van der Waals surface area contributed by atoms with E-state index in [0.717, 1.165) is 42.9 Å². The summed E-state index contributed by atoms with van der Waals surface area (Å²) in [6.45, 7) is 4.40. The van der Waals surface area contributed by atoms with Gasteiger partial charge in [-0.3, -0.25) is 9.11 Å². The second-order valence-electron chi connectivity index (χ2n) is 5.88. The van der Waals surface area contributed by atoms with Crippen molar-refractivity contribution in [3.05, 3.63) is 18.5 Å². The first-order chi connectivity index (χ1) is 12.6. The van der Waals surface area contributed by atoms with Gasteiger partial charge in [-0.25, -0.2) is 14.7 Å². The molecule has 2 heterocycles. The molecule has 1 saturated heterocycles. The van der Waals surface area contributed by atoms with Gasteiger partial charge in [0, 0.05) is 62.0 Å². The summed E-state index contributed by atoms with van der Waals surface area (Å²) in [7, 11) is 3.21. The van der Waals surface area contributed by atoms with E-state index in [1.165, 1.54) is 0 Å². The molecule has 0 saturated carbocycles. The van der Waals surface area contributed by atoms with E-state index < -0.39 is 11.3 Å². The lowest BCUT2D eigenvalue weighted by atomic mass is 10.2. The Morgan fingerprint density at radius 1 is 1.15 bits per heavy atom. The summed E-state index contributed by atoms with van der Waals surface area (Å²) < 4.78 is 34.2. The number of ether oxygens (including phenoxy) is 2. The molecule has 1 fully saturated rings. The lowest BCUT2D eigenvalue weighted by Gasteiger charge is -2.35. The molecule has 1 unspecified atom stereocenters. The fourth-order valence-electron chi connectivity index (χ4n) is 3.09. The van der Waals surface area contributed by atoms with Gasteiger partial charge in [-0.05, 0) is 6.07 Å². The molecule has 1 atom stereocenters. The maximum Gasteiger partial charge on any atom is 0.162 e. The van der Waals surface area contributed by atoms with Crippen LogP contribution in [0.3, 0.4) is 0 Å². The van der Waals surface area contributed by atoms with Crippen LogP contribution < -0.4 is 19.1 Å². The van der Waals surface area contributed by atoms with E-state index in [9.17, 15) is 8.76 Å². The third kappa shape index (κ3) is 4.21. The SMILES string of the molecule is COc1cc2ncnc(N3CCN(CCNS(=O)[O-])CC3)c2cc1OC. The van der Waals surface area contributed by atoms with Gasteiger partial charge in [0.1, 0.15) is 12.1 Å². The molecule has 3 rings (SSSR count). The first-order valence-electron chi connectivity index (χ1n) is 8.29. The van der Waals surface area contributed by atoms with Crippen LogP contribution >= 0.6 is 0 Å². The molecule has 0 aliphatic carbocycles. The van der Waals surface area contributed by atoms with Crippen molar-refractivity contribution in [2.75, 3.05) is 58.4 Å². The van der Waals surface area contributed by atoms with Gasteiger partial charge in [-0.15, -0.1) is 0 Å². The number of piperazine rings is 1. The molecule has 0 radical (unpaired) electrons. The molecule has 9 nitrogen and oxygen atoms in total. The quantitative estimate of drug-likeness (QED) is 0.678. The molecule has 2 aromatic rings. The molecule has 1 aliphatic rings. The molecule has 0 bridgehead atoms. The minimum atomic E-state index is -2.20. The second kappa shape index (κ2) is 8.58. The number of methoxy groups -OCH3 is 2. The minimum absolute atomic E-state index is 0.420. The molecule has 1 aromatic heterocycles. The lowest BCUT2D eigenvalue weighted by molar-refractivity contribution is 0.261. The number of nitrogens with zero attached hydrogens (tertiary/aromatic N) is 4. The standard InChI is InChI=1S/C16H23N5O4S/c1-24-14-9-12-13(10-15(14)25-2)17-11-18-16(12)21-7-5-20(6-8-21)4-3-19-26(22)23/h9-11,19H,3-8H2,1-2H3,(H,22,23)/p-1. The Bertz CT molecular complexity index is 783. The normalized spacial score (nSPS) is 16.7. The van der Waals surface area contributed by atoms with Gasteiger partial charge in [0.25, 0.3) is 0 Å². The number of hydrogen-bond acceptors (Lipinski definition) is 8. The van der Waals surface area contributed by atoms with Crippen LogP contribution in [-0.4, -0.2) is 77.1 Å². The van der Waals surface area contributed by atoms with Gasteiger partial charge in [0.05, 0.1) is 19.7 Å². The zero-order chi connectivity index (χ0) is 18.5. The topological polar surface area (TPSA) is 103 Å². The maximum absolute atomic E-state index is 10.5. The minimum Gasteiger partial charge on any atom is -0.760 e. The summed E-state index contributed by atoms with van der Waals surface area (Å²) in [6, 6.07) is 3.76. The number of fused-ring (bicyclic) bond motifs is 1. The van der Waals surface area contributed by atoms with E-state index >= 15 is 0 Å². The number of anilines is 1. The highest BCUT2D eigenvalue weighted by Crippen LogP contribution is 2.34. The van der Waals surface area contributed by atoms with Gasteiger partial charge < -0.3 is 18.9 Å². The average Bonchev–Trinajstić information content (AvgIpc) is 2.66. The molecule has 1 aliphatic heterocycles. The smallest absolute Gasteiger partial charge is 0.162 e. The second-order valence-corrected chi connectivity index (χ2v) is 6.64. The van der Waals surface area contributed by atoms with Crippen LogP contribution in [0.15, 0.2) is 18.5 Å². The number of benzene rings is 1. The Kier molecular flexibility index (Phi) is 6.20. The summed E-state index contributed by atoms with van der Waals surface area (Å²) in [4.78, 5) is 13.3. The first-order valence-corrected chi connectivity index (χ1v) is 9.36. The van der Waals surface area contributed by atoms with E-state index in [1.54, 1.807) is 20.5 Å². The number of rotatable bonds is 7. The summed E-state index contributed by atoms with van der Waals surface area (Å²) in [5.74, 6) is 2.15. The van der Waals surface area contributed by atoms with Crippen molar-refractivity contribution < 1.29 is 18.2 Å². The molecule has 1 N–H and O–H groups in total. The fourth-order valence-corrected chi connectivity index (χ4v) is 3.35. The first kappa shape index (κ1) is 18.8. The van der Waals surface area contributed by atoms with Gasteiger partial charge in [-0.2, -0.15) is 0 Å². The predicted octanol–water partition coefficient (Wildman–Crippen LogP) is 0.153. The molecule has 0 spiro atoms. The Balaban J connectivity index is 1.74. The zero-order valence-electron chi connectivity index (χ0n) is 14.8. The predicted molar refractivity (Wildman–Crippen MR) is 98.2 cm³/mol. The molecule has 10 heteroatoms. The van der Waals surface area contributed by atoms with Crippen molar-refractivity contribution in [3.8, 4) is 11.5 Å². The van der Waals surface area contributed by atoms with Gasteiger partial charge in [0.2, 0.25) is 0 Å². The summed E-state index contributed by atoms with van der Waals surface area (Å²) in [5, 5.41) is 0.919. The van der Waals surface area contributed by atoms with Crippen LogP contribution in [0.1, 0.15) is 0 Å². The molecule has 142 valence electrons. The molecule has 1 aromatic carbocycles. The zero-order valence-corrected chi connectivity index (χ0v) is 15.6. The van der Waals surface area contributed by atoms with Gasteiger partial charge in [0.15, 0.2) is 11.5 Å². The van der Waals surface area contributed by atoms with Crippen LogP contribution in [0.2, 0.25) is 0 Å². The highest BCUT2D eigenvalue weighted by molar-refractivity contribution is 7.77. The Labute approximate surface area is 154 Å². The maximum atomic E-state index is 10.5. The summed E-state index contributed by atoms with van der Waals surface area (Å²) in [6.07, 6.45) is 1.56. The van der Waals surface area contributed by atoms with Crippen LogP contribution in [0.25, 0.3) is 10.9 Å². The molecule has 26 heavy (non-hydrogen) atoms. The largest absolute Gasteiger partial charge is 0.760 e. The summed E-state index contributed by atoms with van der Waals surface area (Å²) >= 11 is -2.20. The van der Waals surface area contributed by atoms with Crippen molar-refractivity contribution in [2.24, 2.45) is 0 Å². The average molecular weight is 380 g/mol. The van der Waals surface area contributed by atoms with Gasteiger partial charge >= 0.3 is 0 Å². The van der Waals surface area contributed by atoms with Crippen molar-refractivity contribution >= 4 is 28.0 Å². The van der Waals surface area contributed by atoms with E-state index in [2.05, 4.69) is 24.5 Å². The number of hydrogen-bond donors (Lipinski definition) is 1. The number of nitrogens with one attached hydrogen (secondary N) is 1. The lowest BCUT2D eigenvalue weighted by Crippen LogP contribution is -2.48. The van der Waals surface area contributed by atoms with Crippen LogP contribution in [0.5, 0.6) is 11.5 Å². The third-order valence-corrected chi connectivity index (χ3v) is 4.88. The van der Waals surface area contributed by atoms with E-state index in [4.69, 9.17) is 9.47 Å². The highest BCUT2D eigenvalue weighted by atomic mass is 32.2. The van der Waals surface area contributed by atoms with E-state index in [1.807, 2.05) is 12.1 Å². The van der Waals surface area contributed by atoms with Crippen LogP contribution in [0, 0.1) is 0 Å². The monoisotopic (exact) mass is 380 g/mol. The Morgan fingerprint density at radius 3 is 2.50 bits per heavy atom. The summed E-state index contributed by atoms with van der Waals surface area (Å²) in [5.41, 5.74) is 0.803. The Hall–Kier alpha value is -2.01. The van der Waals surface area contributed by atoms with E-state index in [0.29, 0.717) is 24.6 Å². The highest BCUT2D eigenvalue weighted by Gasteiger charge is 2.20. The third-order valence-electron chi connectivity index (χ3n) is 4.44. The molecule has 0 amide bonds. The van der Waals surface area contributed by atoms with Crippen molar-refractivity contribution in [2.45, 2.75) is 0 Å². The van der Waals surface area contributed by atoms with Crippen molar-refractivity contribution in [3.63, 3.8) is 0 Å². The van der Waals surface area contributed by atoms with Crippen LogP contribution in [-0.2, 0) is 11.3 Å².